The number of halogens is 4. The zero-order valence-electron chi connectivity index (χ0n) is 48.1. The van der Waals surface area contributed by atoms with Crippen LogP contribution in [-0.2, 0) is 81.4 Å². The number of nitrogens with zero attached hydrogens (tertiary/aromatic N) is 3. The van der Waals surface area contributed by atoms with Gasteiger partial charge in [0.1, 0.15) is 17.6 Å². The minimum atomic E-state index is -5.65. The van der Waals surface area contributed by atoms with Gasteiger partial charge in [-0.3, -0.25) is 28.8 Å². The van der Waals surface area contributed by atoms with E-state index in [4.69, 9.17) is 73.0 Å². The number of carbonyl (C=O) groups excluding carboxylic acids is 4. The van der Waals surface area contributed by atoms with E-state index in [-0.39, 0.29) is 83.5 Å². The van der Waals surface area contributed by atoms with E-state index >= 15 is 0 Å². The van der Waals surface area contributed by atoms with Crippen molar-refractivity contribution in [3.05, 3.63) is 46.8 Å². The number of esters is 1. The molecular formula is C53H83F4N7O20S. The van der Waals surface area contributed by atoms with E-state index in [0.29, 0.717) is 136 Å². The molecule has 27 nitrogen and oxygen atoms in total. The number of amidine groups is 1. The molecule has 0 saturated heterocycles. The Morgan fingerprint density at radius 1 is 0.682 bits per heavy atom. The lowest BCUT2D eigenvalue weighted by atomic mass is 9.96. The number of carbonyl (C=O) groups is 4. The third kappa shape index (κ3) is 32.2. The van der Waals surface area contributed by atoms with Crippen molar-refractivity contribution < 1.29 is 111 Å². The molecule has 0 spiro atoms. The molecule has 85 heavy (non-hydrogen) atoms. The second kappa shape index (κ2) is 44.9. The highest BCUT2D eigenvalue weighted by Gasteiger charge is 2.34. The molecule has 1 heterocycles. The van der Waals surface area contributed by atoms with Gasteiger partial charge in [0, 0.05) is 50.8 Å². The van der Waals surface area contributed by atoms with E-state index in [1.165, 1.54) is 11.3 Å². The molecule has 3 amide bonds. The van der Waals surface area contributed by atoms with Crippen LogP contribution < -0.4 is 26.8 Å². The molecule has 1 aromatic carbocycles. The summed E-state index contributed by atoms with van der Waals surface area (Å²) in [7, 11) is -5.65. The van der Waals surface area contributed by atoms with Crippen molar-refractivity contribution in [2.45, 2.75) is 82.1 Å². The number of benzene rings is 1. The lowest BCUT2D eigenvalue weighted by molar-refractivity contribution is -0.181. The van der Waals surface area contributed by atoms with E-state index in [2.05, 4.69) is 25.4 Å². The molecule has 1 aromatic rings. The van der Waals surface area contributed by atoms with E-state index in [1.807, 2.05) is 6.92 Å². The van der Waals surface area contributed by atoms with Gasteiger partial charge in [0.25, 0.3) is 5.91 Å². The fourth-order valence-electron chi connectivity index (χ4n) is 7.11. The molecule has 1 aliphatic carbocycles. The first-order valence-electron chi connectivity index (χ1n) is 28.0. The number of ether oxygens (including phenoxy) is 12. The van der Waals surface area contributed by atoms with E-state index < -0.39 is 68.4 Å². The lowest BCUT2D eigenvalue weighted by Gasteiger charge is -2.25. The largest absolute Gasteiger partial charge is 0.446 e. The highest BCUT2D eigenvalue weighted by Crippen LogP contribution is 2.33. The van der Waals surface area contributed by atoms with Crippen LogP contribution in [0.5, 0.6) is 5.75 Å². The monoisotopic (exact) mass is 1250 g/mol. The van der Waals surface area contributed by atoms with Gasteiger partial charge in [0.2, 0.25) is 23.3 Å². The van der Waals surface area contributed by atoms with Gasteiger partial charge in [0.15, 0.2) is 16.5 Å². The Morgan fingerprint density at radius 2 is 1.16 bits per heavy atom. The number of amides is 3. The number of hydrogen-bond acceptors (Lipinski definition) is 23. The van der Waals surface area contributed by atoms with Crippen molar-refractivity contribution in [1.82, 2.24) is 15.7 Å². The Hall–Kier alpha value is -5.49. The minimum Gasteiger partial charge on any atom is -0.446 e. The average molecular weight is 1250 g/mol. The Kier molecular flexibility index (Phi) is 39.0. The smallest absolute Gasteiger partial charge is 0.407 e. The Balaban J connectivity index is 1.03. The maximum atomic E-state index is 14.0. The number of hydroxylamine groups is 2. The minimum absolute atomic E-state index is 0.0136. The molecule has 32 heteroatoms. The molecule has 0 radical (unpaired) electrons. The van der Waals surface area contributed by atoms with E-state index in [0.717, 1.165) is 38.5 Å². The van der Waals surface area contributed by atoms with Gasteiger partial charge in [0.05, 0.1) is 151 Å². The number of nitrogens with two attached hydrogens (primary N) is 2. The number of allylic oxidation sites excluding steroid dienone is 1. The van der Waals surface area contributed by atoms with Crippen LogP contribution in [0.4, 0.5) is 22.4 Å². The standard InChI is InChI=1S/C53H83F4N7O20S/c1-2-14-64(82-17-13-62-53(68)83-40-7-6-8-40)52(67)39-36-41(42(38-58)63-43(59)37-39)60-11-4-3-5-12-61-44(65)9-15-72-18-20-74-22-24-76-26-28-78-30-32-80-34-35-81-33-31-79-29-27-77-25-23-75-21-19-73-16-10-45(66)84-50-46(54)48(56)51(85(69,70)71)49(57)47(50)55/h36,38,40H,2-35,37,58H2,1H3,(H2,59,63)(H,61,65)(H,62,68)(H,69,70,71). The summed E-state index contributed by atoms with van der Waals surface area (Å²) in [6.45, 7) is 9.14. The molecule has 7 N–H and O–H groups in total. The third-order valence-corrected chi connectivity index (χ3v) is 12.5. The summed E-state index contributed by atoms with van der Waals surface area (Å²) in [6.07, 6.45) is 7.77. The van der Waals surface area contributed by atoms with Crippen molar-refractivity contribution in [1.29, 1.82) is 0 Å². The van der Waals surface area contributed by atoms with Gasteiger partial charge in [-0.1, -0.05) is 6.92 Å². The molecule has 0 atom stereocenters. The highest BCUT2D eigenvalue weighted by molar-refractivity contribution is 7.85. The molecule has 1 saturated carbocycles. The van der Waals surface area contributed by atoms with Gasteiger partial charge in [-0.15, -0.1) is 0 Å². The molecular weight excluding hydrogens is 1160 g/mol. The van der Waals surface area contributed by atoms with Crippen molar-refractivity contribution in [2.24, 2.45) is 21.5 Å². The molecule has 1 aliphatic heterocycles. The number of nitrogens with one attached hydrogen (secondary N) is 2. The summed E-state index contributed by atoms with van der Waals surface area (Å²) in [5.74, 6) is -13.0. The number of alkyl carbamates (subject to hydrolysis) is 1. The number of rotatable bonds is 49. The van der Waals surface area contributed by atoms with Crippen molar-refractivity contribution in [3.8, 4) is 5.75 Å². The Morgan fingerprint density at radius 3 is 1.61 bits per heavy atom. The van der Waals surface area contributed by atoms with Crippen molar-refractivity contribution >= 4 is 45.5 Å². The van der Waals surface area contributed by atoms with Crippen LogP contribution >= 0.6 is 0 Å². The zero-order chi connectivity index (χ0) is 61.9. The number of hydrogen-bond donors (Lipinski definition) is 5. The lowest BCUT2D eigenvalue weighted by Crippen LogP contribution is -2.38. The molecule has 0 aromatic heterocycles. The predicted molar refractivity (Wildman–Crippen MR) is 295 cm³/mol. The summed E-state index contributed by atoms with van der Waals surface area (Å²) < 4.78 is 150. The molecule has 0 bridgehead atoms. The van der Waals surface area contributed by atoms with Crippen LogP contribution in [0.3, 0.4) is 0 Å². The van der Waals surface area contributed by atoms with E-state index in [9.17, 15) is 45.2 Å². The second-order valence-electron chi connectivity index (χ2n) is 18.3. The predicted octanol–water partition coefficient (Wildman–Crippen LogP) is 3.01. The zero-order valence-corrected chi connectivity index (χ0v) is 48.9. The Bertz CT molecular complexity index is 2360. The van der Waals surface area contributed by atoms with E-state index in [1.54, 1.807) is 6.08 Å². The third-order valence-electron chi connectivity index (χ3n) is 11.6. The normalized spacial score (nSPS) is 14.7. The summed E-state index contributed by atoms with van der Waals surface area (Å²) in [4.78, 5) is 62.2. The van der Waals surface area contributed by atoms with Gasteiger partial charge < -0.3 is 78.9 Å². The molecule has 2 aliphatic rings. The fourth-order valence-corrected chi connectivity index (χ4v) is 7.74. The first-order valence-corrected chi connectivity index (χ1v) is 29.5. The maximum Gasteiger partial charge on any atom is 0.407 e. The van der Waals surface area contributed by atoms with Crippen LogP contribution in [0.2, 0.25) is 0 Å². The summed E-state index contributed by atoms with van der Waals surface area (Å²) in [5, 5.41) is 6.79. The molecule has 3 rings (SSSR count). The van der Waals surface area contributed by atoms with Gasteiger partial charge >= 0.3 is 22.2 Å². The topological polar surface area (TPSA) is 347 Å². The van der Waals surface area contributed by atoms with Crippen LogP contribution in [-0.4, -0.2) is 224 Å². The van der Waals surface area contributed by atoms with Gasteiger partial charge in [-0.05, 0) is 51.0 Å². The van der Waals surface area contributed by atoms with Crippen LogP contribution in [0.1, 0.15) is 71.1 Å². The van der Waals surface area contributed by atoms with Gasteiger partial charge in [-0.2, -0.15) is 17.2 Å². The second-order valence-corrected chi connectivity index (χ2v) is 19.6. The van der Waals surface area contributed by atoms with Gasteiger partial charge in [-0.25, -0.2) is 23.6 Å². The molecule has 0 unspecified atom stereocenters. The fraction of sp³-hybridized carbons (Fsp3) is 0.698. The SMILES string of the molecule is CCCN(OCCNC(=O)OC1CCC1)C(=O)C1=CC(=NCCCCCNC(=O)CCOCCOCCOCCOCCOCCOCCOCCOCCOCCOCCC(=O)Oc2c(F)c(F)c(S(=O)(=O)O)c(F)c2F)C(=CN)N=C(N)C1. The quantitative estimate of drug-likeness (QED) is 0.0119. The van der Waals surface area contributed by atoms with Crippen LogP contribution in [0.25, 0.3) is 0 Å². The van der Waals surface area contributed by atoms with Crippen molar-refractivity contribution in [3.63, 3.8) is 0 Å². The first-order chi connectivity index (χ1) is 41.1. The van der Waals surface area contributed by atoms with Crippen molar-refractivity contribution in [2.75, 3.05) is 165 Å². The highest BCUT2D eigenvalue weighted by atomic mass is 32.2. The summed E-state index contributed by atoms with van der Waals surface area (Å²) in [5.41, 5.74) is 13.1. The molecule has 484 valence electrons. The Labute approximate surface area is 492 Å². The number of unbranched alkanes of at least 4 members (excludes halogenated alkanes) is 2. The average Bonchev–Trinajstić information content (AvgIpc) is 3.82. The number of aliphatic imine (C=N–C) groups is 2. The first kappa shape index (κ1) is 73.8. The summed E-state index contributed by atoms with van der Waals surface area (Å²) >= 11 is 0. The van der Waals surface area contributed by atoms with Crippen LogP contribution in [0.15, 0.2) is 38.4 Å². The molecule has 1 fully saturated rings. The van der Waals surface area contributed by atoms with Crippen LogP contribution in [0, 0.1) is 23.3 Å². The maximum absolute atomic E-state index is 14.0. The summed E-state index contributed by atoms with van der Waals surface area (Å²) in [6, 6.07) is 0.